The fourth-order valence-electron chi connectivity index (χ4n) is 2.10. The molecule has 24 heavy (non-hydrogen) atoms. The van der Waals surface area contributed by atoms with Gasteiger partial charge in [0, 0.05) is 17.1 Å². The van der Waals surface area contributed by atoms with E-state index in [0.29, 0.717) is 20.8 Å². The van der Waals surface area contributed by atoms with Crippen LogP contribution in [0.3, 0.4) is 0 Å². The van der Waals surface area contributed by atoms with E-state index < -0.39 is 11.7 Å². The summed E-state index contributed by atoms with van der Waals surface area (Å²) in [5.41, 5.74) is 1.54. The zero-order valence-corrected chi connectivity index (χ0v) is 14.8. The largest absolute Gasteiger partial charge is 0.326 e. The summed E-state index contributed by atoms with van der Waals surface area (Å²) < 4.78 is 14.6. The van der Waals surface area contributed by atoms with Crippen molar-refractivity contribution in [2.75, 3.05) is 10.6 Å². The first-order valence-corrected chi connectivity index (χ1v) is 8.48. The van der Waals surface area contributed by atoms with Gasteiger partial charge in [-0.25, -0.2) is 9.37 Å². The van der Waals surface area contributed by atoms with E-state index in [-0.39, 0.29) is 11.5 Å². The molecule has 0 aliphatic rings. The number of nitrogens with zero attached hydrogens (tertiary/aromatic N) is 1. The van der Waals surface area contributed by atoms with Crippen LogP contribution < -0.4 is 10.6 Å². The van der Waals surface area contributed by atoms with Crippen molar-refractivity contribution < 1.29 is 14.0 Å². The summed E-state index contributed by atoms with van der Waals surface area (Å²) in [5, 5.41) is 5.75. The van der Waals surface area contributed by atoms with Crippen LogP contribution in [0.1, 0.15) is 17.3 Å². The number of carbonyl (C=O) groups excluding carboxylic acids is 2. The van der Waals surface area contributed by atoms with E-state index in [2.05, 4.69) is 31.5 Å². The van der Waals surface area contributed by atoms with Crippen LogP contribution >= 0.6 is 27.3 Å². The minimum absolute atomic E-state index is 0.164. The standard InChI is InChI=1S/C16H11BrFN3O2S/c1-8(22)19-10-3-5-13-14(7-10)24-16(20-13)21-15(23)11-6-9(18)2-4-12(11)17/h2-7H,1H3,(H,19,22)(H,20,21,23). The number of nitrogens with one attached hydrogen (secondary N) is 2. The Labute approximate surface area is 149 Å². The lowest BCUT2D eigenvalue weighted by Gasteiger charge is -2.04. The van der Waals surface area contributed by atoms with Gasteiger partial charge in [0.05, 0.1) is 15.8 Å². The molecule has 8 heteroatoms. The predicted octanol–water partition coefficient (Wildman–Crippen LogP) is 4.41. The lowest BCUT2D eigenvalue weighted by Crippen LogP contribution is -2.12. The number of thiazole rings is 1. The molecule has 5 nitrogen and oxygen atoms in total. The zero-order valence-electron chi connectivity index (χ0n) is 12.4. The monoisotopic (exact) mass is 407 g/mol. The molecule has 1 heterocycles. The van der Waals surface area contributed by atoms with Gasteiger partial charge < -0.3 is 5.32 Å². The number of anilines is 2. The number of hydrogen-bond acceptors (Lipinski definition) is 4. The summed E-state index contributed by atoms with van der Waals surface area (Å²) in [7, 11) is 0. The molecule has 2 amide bonds. The first-order valence-electron chi connectivity index (χ1n) is 6.87. The summed E-state index contributed by atoms with van der Waals surface area (Å²) in [6, 6.07) is 9.16. The Morgan fingerprint density at radius 3 is 2.71 bits per heavy atom. The minimum Gasteiger partial charge on any atom is -0.326 e. The fraction of sp³-hybridized carbons (Fsp3) is 0.0625. The van der Waals surface area contributed by atoms with Crippen LogP contribution in [0.2, 0.25) is 0 Å². The number of hydrogen-bond donors (Lipinski definition) is 2. The molecule has 0 aliphatic heterocycles. The first kappa shape index (κ1) is 16.5. The van der Waals surface area contributed by atoms with Crippen molar-refractivity contribution in [3.63, 3.8) is 0 Å². The van der Waals surface area contributed by atoms with Gasteiger partial charge in [-0.15, -0.1) is 0 Å². The van der Waals surface area contributed by atoms with Gasteiger partial charge in [-0.05, 0) is 52.3 Å². The van der Waals surface area contributed by atoms with Gasteiger partial charge in [-0.3, -0.25) is 14.9 Å². The van der Waals surface area contributed by atoms with E-state index in [1.54, 1.807) is 18.2 Å². The molecule has 1 aromatic heterocycles. The van der Waals surface area contributed by atoms with Gasteiger partial charge in [0.25, 0.3) is 5.91 Å². The SMILES string of the molecule is CC(=O)Nc1ccc2nc(NC(=O)c3cc(F)ccc3Br)sc2c1. The Bertz CT molecular complexity index is 958. The van der Waals surface area contributed by atoms with E-state index in [0.717, 1.165) is 10.8 Å². The van der Waals surface area contributed by atoms with Crippen molar-refractivity contribution in [2.24, 2.45) is 0 Å². The second-order valence-electron chi connectivity index (χ2n) is 4.96. The van der Waals surface area contributed by atoms with Crippen LogP contribution in [0.4, 0.5) is 15.2 Å². The third kappa shape index (κ3) is 3.60. The molecule has 0 fully saturated rings. The highest BCUT2D eigenvalue weighted by molar-refractivity contribution is 9.10. The Balaban J connectivity index is 1.86. The van der Waals surface area contributed by atoms with E-state index in [4.69, 9.17) is 0 Å². The molecule has 0 radical (unpaired) electrons. The molecule has 2 aromatic carbocycles. The maximum atomic E-state index is 13.3. The lowest BCUT2D eigenvalue weighted by molar-refractivity contribution is -0.114. The Kier molecular flexibility index (Phi) is 4.59. The van der Waals surface area contributed by atoms with Crippen LogP contribution in [-0.4, -0.2) is 16.8 Å². The summed E-state index contributed by atoms with van der Waals surface area (Å²) in [5.74, 6) is -1.11. The maximum Gasteiger partial charge on any atom is 0.258 e. The van der Waals surface area contributed by atoms with Crippen molar-refractivity contribution in [3.8, 4) is 0 Å². The highest BCUT2D eigenvalue weighted by Crippen LogP contribution is 2.29. The van der Waals surface area contributed by atoms with Crippen LogP contribution in [-0.2, 0) is 4.79 Å². The van der Waals surface area contributed by atoms with Gasteiger partial charge in [0.15, 0.2) is 5.13 Å². The number of fused-ring (bicyclic) bond motifs is 1. The molecular weight excluding hydrogens is 397 g/mol. The topological polar surface area (TPSA) is 71.1 Å². The average Bonchev–Trinajstić information content (AvgIpc) is 2.90. The van der Waals surface area contributed by atoms with Gasteiger partial charge in [-0.1, -0.05) is 11.3 Å². The van der Waals surface area contributed by atoms with E-state index in [9.17, 15) is 14.0 Å². The Morgan fingerprint density at radius 2 is 1.96 bits per heavy atom. The molecule has 0 saturated heterocycles. The lowest BCUT2D eigenvalue weighted by atomic mass is 10.2. The Morgan fingerprint density at radius 1 is 1.17 bits per heavy atom. The number of aromatic nitrogens is 1. The average molecular weight is 408 g/mol. The van der Waals surface area contributed by atoms with Crippen molar-refractivity contribution >= 4 is 60.1 Å². The molecule has 2 N–H and O–H groups in total. The fourth-order valence-corrected chi connectivity index (χ4v) is 3.42. The summed E-state index contributed by atoms with van der Waals surface area (Å²) >= 11 is 4.49. The number of halogens is 2. The zero-order chi connectivity index (χ0) is 17.3. The van der Waals surface area contributed by atoms with Crippen molar-refractivity contribution in [1.82, 2.24) is 4.98 Å². The molecule has 0 atom stereocenters. The van der Waals surface area contributed by atoms with Gasteiger partial charge in [0.2, 0.25) is 5.91 Å². The number of amides is 2. The number of rotatable bonds is 3. The van der Waals surface area contributed by atoms with Gasteiger partial charge in [-0.2, -0.15) is 0 Å². The van der Waals surface area contributed by atoms with E-state index >= 15 is 0 Å². The molecule has 0 bridgehead atoms. The number of benzene rings is 2. The third-order valence-corrected chi connectivity index (χ3v) is 4.73. The van der Waals surface area contributed by atoms with Crippen LogP contribution in [0.15, 0.2) is 40.9 Å². The maximum absolute atomic E-state index is 13.3. The second kappa shape index (κ2) is 6.66. The molecule has 0 saturated carbocycles. The van der Waals surface area contributed by atoms with E-state index in [1.165, 1.54) is 30.4 Å². The van der Waals surface area contributed by atoms with Crippen molar-refractivity contribution in [1.29, 1.82) is 0 Å². The highest BCUT2D eigenvalue weighted by atomic mass is 79.9. The number of carbonyl (C=O) groups is 2. The summed E-state index contributed by atoms with van der Waals surface area (Å²) in [6.45, 7) is 1.43. The molecule has 3 aromatic rings. The highest BCUT2D eigenvalue weighted by Gasteiger charge is 2.14. The third-order valence-electron chi connectivity index (χ3n) is 3.10. The molecule has 0 aliphatic carbocycles. The molecule has 122 valence electrons. The first-order chi connectivity index (χ1) is 11.4. The van der Waals surface area contributed by atoms with Crippen LogP contribution in [0, 0.1) is 5.82 Å². The quantitative estimate of drug-likeness (QED) is 0.675. The summed E-state index contributed by atoms with van der Waals surface area (Å²) in [6.07, 6.45) is 0. The molecular formula is C16H11BrFN3O2S. The molecule has 0 spiro atoms. The molecule has 0 unspecified atom stereocenters. The van der Waals surface area contributed by atoms with Gasteiger partial charge >= 0.3 is 0 Å². The smallest absolute Gasteiger partial charge is 0.258 e. The normalized spacial score (nSPS) is 10.6. The molecule has 3 rings (SSSR count). The Hall–Kier alpha value is -2.32. The van der Waals surface area contributed by atoms with Crippen LogP contribution in [0.25, 0.3) is 10.2 Å². The van der Waals surface area contributed by atoms with Crippen molar-refractivity contribution in [3.05, 3.63) is 52.3 Å². The van der Waals surface area contributed by atoms with Gasteiger partial charge in [0.1, 0.15) is 5.82 Å². The second-order valence-corrected chi connectivity index (χ2v) is 6.85. The van der Waals surface area contributed by atoms with E-state index in [1.807, 2.05) is 0 Å². The summed E-state index contributed by atoms with van der Waals surface area (Å²) in [4.78, 5) is 27.7. The van der Waals surface area contributed by atoms with Crippen molar-refractivity contribution in [2.45, 2.75) is 6.92 Å². The van der Waals surface area contributed by atoms with Crippen LogP contribution in [0.5, 0.6) is 0 Å². The minimum atomic E-state index is -0.493. The predicted molar refractivity (Wildman–Crippen MR) is 96.0 cm³/mol.